The first-order valence-electron chi connectivity index (χ1n) is 10.5. The van der Waals surface area contributed by atoms with Gasteiger partial charge in [-0.05, 0) is 55.7 Å². The molecular weight excluding hydrogens is 355 g/mol. The zero-order valence-electron chi connectivity index (χ0n) is 16.3. The molecule has 2 fully saturated rings. The molecule has 3 aliphatic heterocycles. The molecule has 2 aromatic rings. The third-order valence-electron chi connectivity index (χ3n) is 6.75. The molecule has 148 valence electrons. The number of carbonyl (C=O) groups excluding carboxylic acids is 1. The largest absolute Gasteiger partial charge is 0.333 e. The van der Waals surface area contributed by atoms with Gasteiger partial charge in [0, 0.05) is 44.3 Å². The number of benzene rings is 1. The average Bonchev–Trinajstić information content (AvgIpc) is 3.12. The molecule has 3 aliphatic rings. The van der Waals surface area contributed by atoms with Crippen LogP contribution < -0.4 is 5.32 Å². The molecule has 4 heterocycles. The van der Waals surface area contributed by atoms with Gasteiger partial charge in [-0.1, -0.05) is 12.1 Å². The van der Waals surface area contributed by atoms with E-state index < -0.39 is 0 Å². The Labute approximate surface area is 164 Å². The zero-order chi connectivity index (χ0) is 19.3. The molecule has 0 spiro atoms. The minimum Gasteiger partial charge on any atom is -0.333 e. The fraction of sp³-hybridized carbons (Fsp3) is 0.545. The van der Waals surface area contributed by atoms with Crippen molar-refractivity contribution in [2.24, 2.45) is 0 Å². The van der Waals surface area contributed by atoms with Crippen molar-refractivity contribution < 1.29 is 9.18 Å². The topological polar surface area (TPSA) is 50.2 Å². The first kappa shape index (κ1) is 17.9. The van der Waals surface area contributed by atoms with E-state index in [0.29, 0.717) is 17.2 Å². The zero-order valence-corrected chi connectivity index (χ0v) is 16.3. The van der Waals surface area contributed by atoms with Gasteiger partial charge >= 0.3 is 0 Å². The summed E-state index contributed by atoms with van der Waals surface area (Å²) in [4.78, 5) is 20.1. The summed E-state index contributed by atoms with van der Waals surface area (Å²) in [5, 5.41) is 3.36. The fourth-order valence-corrected chi connectivity index (χ4v) is 5.31. The van der Waals surface area contributed by atoms with Crippen molar-refractivity contribution in [3.63, 3.8) is 0 Å². The second kappa shape index (κ2) is 6.99. The molecule has 5 nitrogen and oxygen atoms in total. The Hall–Kier alpha value is -2.21. The van der Waals surface area contributed by atoms with Crippen LogP contribution in [0, 0.1) is 12.7 Å². The maximum Gasteiger partial charge on any atom is 0.274 e. The lowest BCUT2D eigenvalue weighted by Gasteiger charge is -2.39. The average molecular weight is 382 g/mol. The molecule has 1 aromatic heterocycles. The van der Waals surface area contributed by atoms with Crippen LogP contribution in [0.4, 0.5) is 4.39 Å². The first-order chi connectivity index (χ1) is 13.6. The number of imidazole rings is 1. The van der Waals surface area contributed by atoms with Gasteiger partial charge in [0.2, 0.25) is 0 Å². The molecule has 0 radical (unpaired) electrons. The van der Waals surface area contributed by atoms with E-state index in [4.69, 9.17) is 0 Å². The summed E-state index contributed by atoms with van der Waals surface area (Å²) in [6.07, 6.45) is 6.86. The number of fused-ring (bicyclic) bond motifs is 3. The summed E-state index contributed by atoms with van der Waals surface area (Å²) in [5.41, 5.74) is 2.52. The predicted octanol–water partition coefficient (Wildman–Crippen LogP) is 3.03. The van der Waals surface area contributed by atoms with Crippen LogP contribution in [-0.2, 0) is 13.0 Å². The highest BCUT2D eigenvalue weighted by molar-refractivity contribution is 5.93. The van der Waals surface area contributed by atoms with Crippen LogP contribution in [0.15, 0.2) is 24.4 Å². The van der Waals surface area contributed by atoms with Crippen molar-refractivity contribution in [1.82, 2.24) is 19.8 Å². The third kappa shape index (κ3) is 3.04. The van der Waals surface area contributed by atoms with E-state index in [0.717, 1.165) is 57.6 Å². The highest BCUT2D eigenvalue weighted by Gasteiger charge is 2.44. The Morgan fingerprint density at radius 2 is 2.00 bits per heavy atom. The van der Waals surface area contributed by atoms with Crippen LogP contribution in [0.1, 0.15) is 59.0 Å². The van der Waals surface area contributed by atoms with Crippen LogP contribution in [0.3, 0.4) is 0 Å². The Morgan fingerprint density at radius 1 is 1.21 bits per heavy atom. The van der Waals surface area contributed by atoms with Gasteiger partial charge in [-0.15, -0.1) is 0 Å². The fourth-order valence-electron chi connectivity index (χ4n) is 5.31. The summed E-state index contributed by atoms with van der Waals surface area (Å²) in [7, 11) is 0. The second-order valence-electron chi connectivity index (χ2n) is 8.51. The van der Waals surface area contributed by atoms with Gasteiger partial charge in [0.1, 0.15) is 17.3 Å². The standard InChI is InChI=1S/C22H27FN4O/c1-14-10-15(2-5-19(14)23)16-11-17-3-4-18(12-16)27(17)22(28)20-13-26-9-8-24-7-6-21(26)25-20/h2,5,10,13,16-18,24H,3-4,6-9,11-12H2,1H3/t16?,17-,18+. The van der Waals surface area contributed by atoms with E-state index in [1.54, 1.807) is 6.07 Å². The van der Waals surface area contributed by atoms with Crippen LogP contribution in [0.5, 0.6) is 0 Å². The SMILES string of the molecule is Cc1cc(C2C[C@H]3CC[C@@H](C2)N3C(=O)c2cn3c(n2)CCNCC3)ccc1F. The molecule has 0 aliphatic carbocycles. The highest BCUT2D eigenvalue weighted by atomic mass is 19.1. The van der Waals surface area contributed by atoms with Crippen molar-refractivity contribution in [2.75, 3.05) is 13.1 Å². The number of hydrogen-bond donors (Lipinski definition) is 1. The van der Waals surface area contributed by atoms with Crippen molar-refractivity contribution in [3.8, 4) is 0 Å². The molecule has 3 atom stereocenters. The monoisotopic (exact) mass is 382 g/mol. The van der Waals surface area contributed by atoms with Crippen LogP contribution >= 0.6 is 0 Å². The van der Waals surface area contributed by atoms with Crippen molar-refractivity contribution in [2.45, 2.75) is 63.6 Å². The van der Waals surface area contributed by atoms with E-state index in [1.165, 1.54) is 5.56 Å². The van der Waals surface area contributed by atoms with Gasteiger partial charge in [-0.25, -0.2) is 9.37 Å². The van der Waals surface area contributed by atoms with Crippen LogP contribution in [0.2, 0.25) is 0 Å². The maximum atomic E-state index is 13.6. The Balaban J connectivity index is 1.35. The number of aryl methyl sites for hydroxylation is 1. The number of amides is 1. The van der Waals surface area contributed by atoms with Crippen molar-refractivity contribution >= 4 is 5.91 Å². The Morgan fingerprint density at radius 3 is 2.75 bits per heavy atom. The van der Waals surface area contributed by atoms with Crippen LogP contribution in [-0.4, -0.2) is 45.5 Å². The second-order valence-corrected chi connectivity index (χ2v) is 8.51. The van der Waals surface area contributed by atoms with Gasteiger partial charge in [0.15, 0.2) is 0 Å². The number of piperidine rings is 1. The van der Waals surface area contributed by atoms with Crippen molar-refractivity contribution in [3.05, 3.63) is 52.9 Å². The molecule has 6 heteroatoms. The maximum absolute atomic E-state index is 13.6. The molecule has 5 rings (SSSR count). The van der Waals surface area contributed by atoms with E-state index in [2.05, 4.69) is 19.8 Å². The summed E-state index contributed by atoms with van der Waals surface area (Å²) in [5.74, 6) is 1.37. The third-order valence-corrected chi connectivity index (χ3v) is 6.75. The summed E-state index contributed by atoms with van der Waals surface area (Å²) in [6, 6.07) is 6.02. The van der Waals surface area contributed by atoms with Crippen LogP contribution in [0.25, 0.3) is 0 Å². The molecule has 1 aromatic carbocycles. The molecule has 1 amide bonds. The molecule has 1 N–H and O–H groups in total. The van der Waals surface area contributed by atoms with Gasteiger partial charge in [-0.3, -0.25) is 4.79 Å². The summed E-state index contributed by atoms with van der Waals surface area (Å²) < 4.78 is 15.8. The molecule has 1 unspecified atom stereocenters. The number of rotatable bonds is 2. The minimum atomic E-state index is -0.144. The van der Waals surface area contributed by atoms with E-state index >= 15 is 0 Å². The number of aromatic nitrogens is 2. The number of nitrogens with zero attached hydrogens (tertiary/aromatic N) is 3. The highest BCUT2D eigenvalue weighted by Crippen LogP contribution is 2.43. The van der Waals surface area contributed by atoms with Gasteiger partial charge in [-0.2, -0.15) is 0 Å². The quantitative estimate of drug-likeness (QED) is 0.869. The number of nitrogens with one attached hydrogen (secondary N) is 1. The lowest BCUT2D eigenvalue weighted by Crippen LogP contribution is -2.46. The van der Waals surface area contributed by atoms with Crippen molar-refractivity contribution in [1.29, 1.82) is 0 Å². The lowest BCUT2D eigenvalue weighted by atomic mass is 9.84. The molecule has 0 saturated carbocycles. The molecule has 28 heavy (non-hydrogen) atoms. The van der Waals surface area contributed by atoms with E-state index in [1.807, 2.05) is 25.3 Å². The van der Waals surface area contributed by atoms with E-state index in [-0.39, 0.29) is 23.8 Å². The minimum absolute atomic E-state index is 0.0924. The normalized spacial score (nSPS) is 26.8. The van der Waals surface area contributed by atoms with E-state index in [9.17, 15) is 9.18 Å². The number of carbonyl (C=O) groups is 1. The Bertz CT molecular complexity index is 870. The van der Waals surface area contributed by atoms with Gasteiger partial charge in [0.05, 0.1) is 0 Å². The van der Waals surface area contributed by atoms with Gasteiger partial charge in [0.25, 0.3) is 5.91 Å². The molecule has 2 bridgehead atoms. The first-order valence-corrected chi connectivity index (χ1v) is 10.5. The summed E-state index contributed by atoms with van der Waals surface area (Å²) in [6.45, 7) is 4.53. The smallest absolute Gasteiger partial charge is 0.274 e. The lowest BCUT2D eigenvalue weighted by molar-refractivity contribution is 0.0565. The number of halogens is 1. The molecular formula is C22H27FN4O. The Kier molecular flexibility index (Phi) is 4.46. The molecule has 2 saturated heterocycles. The predicted molar refractivity (Wildman–Crippen MR) is 105 cm³/mol. The summed E-state index contributed by atoms with van der Waals surface area (Å²) >= 11 is 0. The number of hydrogen-bond acceptors (Lipinski definition) is 3. The van der Waals surface area contributed by atoms with Gasteiger partial charge < -0.3 is 14.8 Å².